The molecule has 4 aromatic heterocycles. The quantitative estimate of drug-likeness (QED) is 0.299. The highest BCUT2D eigenvalue weighted by Crippen LogP contribution is 2.39. The molecule has 1 aliphatic heterocycles. The molecule has 5 heterocycles. The zero-order valence-electron chi connectivity index (χ0n) is 18.6. The predicted octanol–water partition coefficient (Wildman–Crippen LogP) is 3.76. The molecule has 0 saturated carbocycles. The number of aromatic nitrogens is 8. The minimum absolute atomic E-state index is 0.633. The van der Waals surface area contributed by atoms with Crippen LogP contribution in [0.1, 0.15) is 0 Å². The van der Waals surface area contributed by atoms with Gasteiger partial charge in [0.05, 0.1) is 0 Å². The summed E-state index contributed by atoms with van der Waals surface area (Å²) in [7, 11) is 7.51. The molecule has 0 N–H and O–H groups in total. The Bertz CT molecular complexity index is 1190. The standard InChI is InChI=1S/C20H18Br2N12/c1-31-11-5-12(24-7-23-11)32(2)19-16(22)20(30-10-29-19)34(4)14-6-13(25-8-26-14)33(3)18-15(21)17(31)27-9-28-18/h5-10H,1-4H3. The number of anilines is 8. The Morgan fingerprint density at radius 3 is 0.941 bits per heavy atom. The molecule has 0 aliphatic carbocycles. The Kier molecular flexibility index (Phi) is 5.69. The van der Waals surface area contributed by atoms with E-state index in [9.17, 15) is 0 Å². The third-order valence-electron chi connectivity index (χ3n) is 5.43. The van der Waals surface area contributed by atoms with E-state index in [2.05, 4.69) is 71.7 Å². The molecule has 34 heavy (non-hydrogen) atoms. The highest BCUT2D eigenvalue weighted by molar-refractivity contribution is 9.11. The first-order valence-electron chi connectivity index (χ1n) is 9.96. The van der Waals surface area contributed by atoms with Crippen molar-refractivity contribution in [1.29, 1.82) is 0 Å². The normalized spacial score (nSPS) is 13.4. The van der Waals surface area contributed by atoms with Gasteiger partial charge in [-0.2, -0.15) is 0 Å². The Morgan fingerprint density at radius 1 is 0.441 bits per heavy atom. The monoisotopic (exact) mass is 584 g/mol. The van der Waals surface area contributed by atoms with Gasteiger partial charge < -0.3 is 19.6 Å². The third-order valence-corrected chi connectivity index (χ3v) is 6.85. The van der Waals surface area contributed by atoms with Crippen LogP contribution in [-0.4, -0.2) is 68.1 Å². The zero-order valence-corrected chi connectivity index (χ0v) is 21.8. The van der Waals surface area contributed by atoms with Gasteiger partial charge in [-0.05, 0) is 31.9 Å². The van der Waals surface area contributed by atoms with E-state index in [4.69, 9.17) is 0 Å². The van der Waals surface area contributed by atoms with Crippen molar-refractivity contribution in [2.45, 2.75) is 0 Å². The average molecular weight is 586 g/mol. The Hall–Kier alpha value is -3.52. The molecule has 172 valence electrons. The van der Waals surface area contributed by atoms with Crippen molar-refractivity contribution in [2.75, 3.05) is 47.8 Å². The van der Waals surface area contributed by atoms with E-state index in [1.165, 1.54) is 25.3 Å². The summed E-state index contributed by atoms with van der Waals surface area (Å²) < 4.78 is 1.37. The highest BCUT2D eigenvalue weighted by Gasteiger charge is 2.23. The Balaban J connectivity index is 1.78. The fourth-order valence-electron chi connectivity index (χ4n) is 3.48. The molecule has 0 amide bonds. The van der Waals surface area contributed by atoms with Crippen LogP contribution in [0.2, 0.25) is 0 Å². The molecule has 8 bridgehead atoms. The summed E-state index contributed by atoms with van der Waals surface area (Å²) in [6.07, 6.45) is 6.01. The lowest BCUT2D eigenvalue weighted by Crippen LogP contribution is -2.21. The molecule has 0 atom stereocenters. The van der Waals surface area contributed by atoms with Crippen LogP contribution in [0.5, 0.6) is 0 Å². The van der Waals surface area contributed by atoms with E-state index in [-0.39, 0.29) is 0 Å². The van der Waals surface area contributed by atoms with E-state index in [1.807, 2.05) is 59.9 Å². The second-order valence-corrected chi connectivity index (χ2v) is 8.96. The van der Waals surface area contributed by atoms with Crippen molar-refractivity contribution < 1.29 is 0 Å². The number of hydrogen-bond donors (Lipinski definition) is 0. The van der Waals surface area contributed by atoms with Gasteiger partial charge in [0.25, 0.3) is 0 Å². The molecular formula is C20H18Br2N12. The summed E-state index contributed by atoms with van der Waals surface area (Å²) in [6, 6.07) is 3.71. The van der Waals surface area contributed by atoms with Gasteiger partial charge >= 0.3 is 0 Å². The second-order valence-electron chi connectivity index (χ2n) is 7.37. The molecule has 1 aliphatic rings. The van der Waals surface area contributed by atoms with Crippen LogP contribution in [0.4, 0.5) is 46.5 Å². The summed E-state index contributed by atoms with van der Waals surface area (Å²) in [6.45, 7) is 0. The number of rotatable bonds is 0. The van der Waals surface area contributed by atoms with Crippen LogP contribution < -0.4 is 19.6 Å². The molecule has 4 aromatic rings. The van der Waals surface area contributed by atoms with Crippen molar-refractivity contribution in [1.82, 2.24) is 39.9 Å². The van der Waals surface area contributed by atoms with Crippen LogP contribution in [-0.2, 0) is 0 Å². The maximum absolute atomic E-state index is 4.48. The Labute approximate surface area is 212 Å². The molecule has 0 aromatic carbocycles. The second kappa shape index (κ2) is 8.68. The van der Waals surface area contributed by atoms with E-state index in [0.717, 1.165) is 0 Å². The highest BCUT2D eigenvalue weighted by atomic mass is 79.9. The first-order valence-corrected chi connectivity index (χ1v) is 11.6. The Morgan fingerprint density at radius 2 is 0.676 bits per heavy atom. The van der Waals surface area contributed by atoms with E-state index in [1.54, 1.807) is 0 Å². The first-order chi connectivity index (χ1) is 16.4. The van der Waals surface area contributed by atoms with E-state index >= 15 is 0 Å². The molecule has 0 fully saturated rings. The van der Waals surface area contributed by atoms with Gasteiger partial charge in [-0.15, -0.1) is 0 Å². The van der Waals surface area contributed by atoms with Gasteiger partial charge in [0, 0.05) is 40.3 Å². The maximum Gasteiger partial charge on any atom is 0.153 e. The van der Waals surface area contributed by atoms with Gasteiger partial charge in [-0.25, -0.2) is 39.9 Å². The molecule has 0 unspecified atom stereocenters. The van der Waals surface area contributed by atoms with Crippen molar-refractivity contribution >= 4 is 78.4 Å². The first kappa shape index (κ1) is 22.3. The van der Waals surface area contributed by atoms with Gasteiger partial charge in [0.15, 0.2) is 23.3 Å². The maximum atomic E-state index is 4.48. The summed E-state index contributed by atoms with van der Waals surface area (Å²) >= 11 is 7.35. The molecule has 0 radical (unpaired) electrons. The lowest BCUT2D eigenvalue weighted by atomic mass is 10.3. The van der Waals surface area contributed by atoms with Gasteiger partial charge in [0.1, 0.15) is 57.5 Å². The van der Waals surface area contributed by atoms with E-state index in [0.29, 0.717) is 55.5 Å². The number of hydrogen-bond acceptors (Lipinski definition) is 12. The number of fused-ring (bicyclic) bond motifs is 8. The zero-order chi connectivity index (χ0) is 24.0. The molecule has 0 spiro atoms. The molecule has 0 saturated heterocycles. The van der Waals surface area contributed by atoms with Crippen LogP contribution in [0, 0.1) is 0 Å². The third kappa shape index (κ3) is 3.68. The van der Waals surface area contributed by atoms with E-state index < -0.39 is 0 Å². The van der Waals surface area contributed by atoms with Crippen LogP contribution >= 0.6 is 31.9 Å². The minimum atomic E-state index is 0.633. The SMILES string of the molecule is CN1c2cc(ncn2)N(C)c2ncnc(c2Br)N(C)c2cc(ncn2)N(C)c2ncnc1c2Br. The van der Waals surface area contributed by atoms with Crippen LogP contribution in [0.25, 0.3) is 0 Å². The minimum Gasteiger partial charge on any atom is -0.313 e. The topological polar surface area (TPSA) is 116 Å². The summed E-state index contributed by atoms with van der Waals surface area (Å²) in [5.41, 5.74) is 0. The molecule has 12 nitrogen and oxygen atoms in total. The molecule has 14 heteroatoms. The number of nitrogens with zero attached hydrogens (tertiary/aromatic N) is 12. The van der Waals surface area contributed by atoms with Crippen LogP contribution in [0.3, 0.4) is 0 Å². The summed E-state index contributed by atoms with van der Waals surface area (Å²) in [5, 5.41) is 0. The number of halogens is 2. The van der Waals surface area contributed by atoms with Crippen molar-refractivity contribution in [3.8, 4) is 0 Å². The van der Waals surface area contributed by atoms with Gasteiger partial charge in [0.2, 0.25) is 0 Å². The lowest BCUT2D eigenvalue weighted by molar-refractivity contribution is 0.961. The lowest BCUT2D eigenvalue weighted by Gasteiger charge is -2.26. The smallest absolute Gasteiger partial charge is 0.153 e. The van der Waals surface area contributed by atoms with Crippen molar-refractivity contribution in [3.05, 3.63) is 46.4 Å². The van der Waals surface area contributed by atoms with Crippen molar-refractivity contribution in [3.63, 3.8) is 0 Å². The fourth-order valence-corrected chi connectivity index (χ4v) is 4.95. The molecular weight excluding hydrogens is 568 g/mol. The molecule has 5 rings (SSSR count). The van der Waals surface area contributed by atoms with Crippen molar-refractivity contribution in [2.24, 2.45) is 0 Å². The van der Waals surface area contributed by atoms with Gasteiger partial charge in [-0.1, -0.05) is 0 Å². The average Bonchev–Trinajstić information content (AvgIpc) is 2.87. The van der Waals surface area contributed by atoms with Crippen LogP contribution in [0.15, 0.2) is 46.4 Å². The summed E-state index contributed by atoms with van der Waals surface area (Å²) in [5.74, 6) is 5.10. The summed E-state index contributed by atoms with van der Waals surface area (Å²) in [4.78, 5) is 43.1. The largest absolute Gasteiger partial charge is 0.313 e. The van der Waals surface area contributed by atoms with Gasteiger partial charge in [-0.3, -0.25) is 0 Å². The fraction of sp³-hybridized carbons (Fsp3) is 0.200. The predicted molar refractivity (Wildman–Crippen MR) is 136 cm³/mol.